The molecule has 0 bridgehead atoms. The van der Waals surface area contributed by atoms with E-state index in [1.807, 2.05) is 36.4 Å². The molecule has 1 aromatic heterocycles. The van der Waals surface area contributed by atoms with Gasteiger partial charge in [0.25, 0.3) is 0 Å². The van der Waals surface area contributed by atoms with E-state index in [2.05, 4.69) is 25.9 Å². The fourth-order valence-electron chi connectivity index (χ4n) is 1.81. The number of nitrogens with one attached hydrogen (secondary N) is 1. The SMILES string of the molecule is Clc1cc(Br)cc(-c2nc3ccc(Cl)cc3[nH]2)c1. The molecule has 1 N–H and O–H groups in total. The van der Waals surface area contributed by atoms with Gasteiger partial charge >= 0.3 is 0 Å². The molecular formula is C13H7BrCl2N2. The molecule has 90 valence electrons. The number of H-pyrrole nitrogens is 1. The molecule has 18 heavy (non-hydrogen) atoms. The minimum absolute atomic E-state index is 0.665. The first-order valence-electron chi connectivity index (χ1n) is 5.23. The highest BCUT2D eigenvalue weighted by atomic mass is 79.9. The van der Waals surface area contributed by atoms with Gasteiger partial charge < -0.3 is 4.98 Å². The van der Waals surface area contributed by atoms with Crippen LogP contribution in [0.15, 0.2) is 40.9 Å². The van der Waals surface area contributed by atoms with Gasteiger partial charge in [-0.25, -0.2) is 4.98 Å². The molecule has 0 aliphatic heterocycles. The predicted molar refractivity (Wildman–Crippen MR) is 79.2 cm³/mol. The first-order valence-corrected chi connectivity index (χ1v) is 6.78. The van der Waals surface area contributed by atoms with Gasteiger partial charge in [0.15, 0.2) is 0 Å². The molecule has 0 atom stereocenters. The van der Waals surface area contributed by atoms with E-state index >= 15 is 0 Å². The van der Waals surface area contributed by atoms with Crippen LogP contribution in [0.25, 0.3) is 22.4 Å². The maximum Gasteiger partial charge on any atom is 0.138 e. The number of halogens is 3. The Morgan fingerprint density at radius 2 is 1.83 bits per heavy atom. The summed E-state index contributed by atoms with van der Waals surface area (Å²) in [7, 11) is 0. The van der Waals surface area contributed by atoms with Crippen molar-refractivity contribution >= 4 is 50.2 Å². The van der Waals surface area contributed by atoms with E-state index in [0.29, 0.717) is 10.0 Å². The maximum absolute atomic E-state index is 6.03. The number of benzene rings is 2. The van der Waals surface area contributed by atoms with Crippen molar-refractivity contribution in [2.24, 2.45) is 0 Å². The van der Waals surface area contributed by atoms with Crippen LogP contribution >= 0.6 is 39.1 Å². The van der Waals surface area contributed by atoms with Crippen molar-refractivity contribution in [1.82, 2.24) is 9.97 Å². The summed E-state index contributed by atoms with van der Waals surface area (Å²) in [6.07, 6.45) is 0. The average molecular weight is 342 g/mol. The lowest BCUT2D eigenvalue weighted by atomic mass is 10.2. The maximum atomic E-state index is 6.03. The number of imidazole rings is 1. The molecule has 1 heterocycles. The molecule has 3 rings (SSSR count). The first kappa shape index (κ1) is 12.0. The lowest BCUT2D eigenvalue weighted by Gasteiger charge is -1.99. The summed E-state index contributed by atoms with van der Waals surface area (Å²) in [6, 6.07) is 11.2. The van der Waals surface area contributed by atoms with E-state index in [4.69, 9.17) is 23.2 Å². The highest BCUT2D eigenvalue weighted by Crippen LogP contribution is 2.28. The van der Waals surface area contributed by atoms with Crippen LogP contribution in [0.5, 0.6) is 0 Å². The lowest BCUT2D eigenvalue weighted by Crippen LogP contribution is -1.80. The molecule has 2 aromatic carbocycles. The van der Waals surface area contributed by atoms with Crippen molar-refractivity contribution in [3.05, 3.63) is 50.9 Å². The van der Waals surface area contributed by atoms with E-state index < -0.39 is 0 Å². The van der Waals surface area contributed by atoms with Gasteiger partial charge in [-0.2, -0.15) is 0 Å². The number of aromatic nitrogens is 2. The molecule has 5 heteroatoms. The molecule has 0 amide bonds. The second kappa shape index (κ2) is 4.57. The number of nitrogens with zero attached hydrogens (tertiary/aromatic N) is 1. The fourth-order valence-corrected chi connectivity index (χ4v) is 2.84. The topological polar surface area (TPSA) is 28.7 Å². The molecule has 3 aromatic rings. The van der Waals surface area contributed by atoms with Crippen LogP contribution in [0.4, 0.5) is 0 Å². The monoisotopic (exact) mass is 340 g/mol. The van der Waals surface area contributed by atoms with Crippen molar-refractivity contribution in [3.8, 4) is 11.4 Å². The van der Waals surface area contributed by atoms with Gasteiger partial charge in [-0.1, -0.05) is 39.1 Å². The largest absolute Gasteiger partial charge is 0.338 e. The fraction of sp³-hybridized carbons (Fsp3) is 0. The van der Waals surface area contributed by atoms with Crippen LogP contribution in [0, 0.1) is 0 Å². The number of aromatic amines is 1. The molecule has 0 aliphatic carbocycles. The summed E-state index contributed by atoms with van der Waals surface area (Å²) in [5.41, 5.74) is 2.72. The number of fused-ring (bicyclic) bond motifs is 1. The van der Waals surface area contributed by atoms with Crippen LogP contribution in [0.2, 0.25) is 10.0 Å². The summed E-state index contributed by atoms with van der Waals surface area (Å²) in [4.78, 5) is 7.74. The Kier molecular flexibility index (Phi) is 3.06. The summed E-state index contributed by atoms with van der Waals surface area (Å²) >= 11 is 15.4. The van der Waals surface area contributed by atoms with E-state index in [1.54, 1.807) is 0 Å². The third-order valence-corrected chi connectivity index (χ3v) is 3.49. The molecule has 2 nitrogen and oxygen atoms in total. The van der Waals surface area contributed by atoms with Crippen LogP contribution in [-0.2, 0) is 0 Å². The normalized spacial score (nSPS) is 11.1. The van der Waals surface area contributed by atoms with Gasteiger partial charge in [-0.15, -0.1) is 0 Å². The van der Waals surface area contributed by atoms with Gasteiger partial charge in [-0.05, 0) is 36.4 Å². The molecule has 0 radical (unpaired) electrons. The Labute approximate surface area is 122 Å². The van der Waals surface area contributed by atoms with Crippen molar-refractivity contribution in [2.45, 2.75) is 0 Å². The standard InChI is InChI=1S/C13H7BrCl2N2/c14-8-3-7(4-10(16)5-8)13-17-11-2-1-9(15)6-12(11)18-13/h1-6H,(H,17,18). The Morgan fingerprint density at radius 1 is 1.00 bits per heavy atom. The highest BCUT2D eigenvalue weighted by Gasteiger charge is 2.07. The Balaban J connectivity index is 2.19. The van der Waals surface area contributed by atoms with Gasteiger partial charge in [-0.3, -0.25) is 0 Å². The average Bonchev–Trinajstić information content (AvgIpc) is 2.70. The van der Waals surface area contributed by atoms with Gasteiger partial charge in [0.1, 0.15) is 5.82 Å². The molecule has 0 aliphatic rings. The minimum atomic E-state index is 0.665. The number of hydrogen-bond acceptors (Lipinski definition) is 1. The zero-order chi connectivity index (χ0) is 12.7. The second-order valence-electron chi connectivity index (χ2n) is 3.91. The van der Waals surface area contributed by atoms with E-state index in [1.165, 1.54) is 0 Å². The zero-order valence-corrected chi connectivity index (χ0v) is 12.1. The van der Waals surface area contributed by atoms with Gasteiger partial charge in [0.05, 0.1) is 11.0 Å². The first-order chi connectivity index (χ1) is 8.61. The molecule has 0 saturated carbocycles. The molecule has 0 spiro atoms. The Bertz CT molecular complexity index is 717. The van der Waals surface area contributed by atoms with E-state index in [0.717, 1.165) is 26.9 Å². The second-order valence-corrected chi connectivity index (χ2v) is 5.69. The predicted octanol–water partition coefficient (Wildman–Crippen LogP) is 5.30. The lowest BCUT2D eigenvalue weighted by molar-refractivity contribution is 1.33. The quantitative estimate of drug-likeness (QED) is 0.639. The minimum Gasteiger partial charge on any atom is -0.338 e. The van der Waals surface area contributed by atoms with Crippen molar-refractivity contribution in [2.75, 3.05) is 0 Å². The van der Waals surface area contributed by atoms with E-state index in [-0.39, 0.29) is 0 Å². The highest BCUT2D eigenvalue weighted by molar-refractivity contribution is 9.10. The Hall–Kier alpha value is -1.03. The van der Waals surface area contributed by atoms with Crippen LogP contribution in [0.1, 0.15) is 0 Å². The molecule has 0 saturated heterocycles. The zero-order valence-electron chi connectivity index (χ0n) is 9.05. The molecule has 0 fully saturated rings. The van der Waals surface area contributed by atoms with Gasteiger partial charge in [0, 0.05) is 20.1 Å². The van der Waals surface area contributed by atoms with Crippen LogP contribution in [-0.4, -0.2) is 9.97 Å². The number of hydrogen-bond donors (Lipinski definition) is 1. The van der Waals surface area contributed by atoms with Crippen LogP contribution < -0.4 is 0 Å². The van der Waals surface area contributed by atoms with Crippen molar-refractivity contribution in [1.29, 1.82) is 0 Å². The third kappa shape index (κ3) is 2.26. The smallest absolute Gasteiger partial charge is 0.138 e. The van der Waals surface area contributed by atoms with Crippen molar-refractivity contribution in [3.63, 3.8) is 0 Å². The summed E-state index contributed by atoms with van der Waals surface area (Å²) in [6.45, 7) is 0. The summed E-state index contributed by atoms with van der Waals surface area (Å²) < 4.78 is 0.920. The summed E-state index contributed by atoms with van der Waals surface area (Å²) in [5, 5.41) is 1.35. The number of rotatable bonds is 1. The third-order valence-electron chi connectivity index (χ3n) is 2.58. The summed E-state index contributed by atoms with van der Waals surface area (Å²) in [5.74, 6) is 0.774. The molecule has 0 unspecified atom stereocenters. The van der Waals surface area contributed by atoms with Crippen LogP contribution in [0.3, 0.4) is 0 Å². The molecular weight excluding hydrogens is 335 g/mol. The Morgan fingerprint density at radius 3 is 2.61 bits per heavy atom. The van der Waals surface area contributed by atoms with Gasteiger partial charge in [0.2, 0.25) is 0 Å². The van der Waals surface area contributed by atoms with E-state index in [9.17, 15) is 0 Å². The van der Waals surface area contributed by atoms with Crippen molar-refractivity contribution < 1.29 is 0 Å².